The Labute approximate surface area is 208 Å². The Balaban J connectivity index is 1.66. The van der Waals surface area contributed by atoms with Gasteiger partial charge in [0.05, 0.1) is 15.6 Å². The highest BCUT2D eigenvalue weighted by atomic mass is 35.5. The van der Waals surface area contributed by atoms with E-state index in [0.717, 1.165) is 11.8 Å². The van der Waals surface area contributed by atoms with Gasteiger partial charge in [-0.1, -0.05) is 17.7 Å². The standard InChI is InChI=1S/C22H21ClF3N3O5S/c1-14-11-27(7-8-28(14)17-4-2-3-16(23)10-17)21(31)15-5-6-19(18(9-15)29(32)33)35-12-20(30)34-13-22(24,25)26/h2-6,9-10,14H,7-8,11-13H2,1H3/t14-/m1/s1. The summed E-state index contributed by atoms with van der Waals surface area (Å²) in [6.07, 6.45) is -4.66. The van der Waals surface area contributed by atoms with Gasteiger partial charge in [-0.25, -0.2) is 0 Å². The molecule has 1 aliphatic heterocycles. The molecular formula is C22H21ClF3N3O5S. The third-order valence-corrected chi connectivity index (χ3v) is 6.47. The van der Waals surface area contributed by atoms with Gasteiger partial charge in [-0.2, -0.15) is 13.2 Å². The maximum Gasteiger partial charge on any atom is 0.422 e. The van der Waals surface area contributed by atoms with Gasteiger partial charge in [0.1, 0.15) is 0 Å². The Morgan fingerprint density at radius 2 is 1.97 bits per heavy atom. The highest BCUT2D eigenvalue weighted by Crippen LogP contribution is 2.31. The highest BCUT2D eigenvalue weighted by Gasteiger charge is 2.31. The minimum Gasteiger partial charge on any atom is -0.455 e. The molecule has 0 spiro atoms. The van der Waals surface area contributed by atoms with Crippen LogP contribution in [0.4, 0.5) is 24.5 Å². The molecule has 8 nitrogen and oxygen atoms in total. The van der Waals surface area contributed by atoms with E-state index in [1.54, 1.807) is 11.0 Å². The molecule has 0 unspecified atom stereocenters. The lowest BCUT2D eigenvalue weighted by Gasteiger charge is -2.41. The molecule has 0 radical (unpaired) electrons. The Morgan fingerprint density at radius 1 is 1.23 bits per heavy atom. The summed E-state index contributed by atoms with van der Waals surface area (Å²) >= 11 is 6.74. The first kappa shape index (κ1) is 26.6. The number of hydrogen-bond acceptors (Lipinski definition) is 7. The molecule has 2 aromatic carbocycles. The number of hydrogen-bond donors (Lipinski definition) is 0. The van der Waals surface area contributed by atoms with E-state index in [-0.39, 0.29) is 22.4 Å². The van der Waals surface area contributed by atoms with Crippen LogP contribution in [0.25, 0.3) is 0 Å². The van der Waals surface area contributed by atoms with E-state index in [2.05, 4.69) is 9.64 Å². The van der Waals surface area contributed by atoms with E-state index < -0.39 is 35.1 Å². The SMILES string of the molecule is C[C@@H]1CN(C(=O)c2ccc(SCC(=O)OCC(F)(F)F)c([N+](=O)[O-])c2)CCN1c1cccc(Cl)c1. The summed E-state index contributed by atoms with van der Waals surface area (Å²) in [7, 11) is 0. The zero-order valence-electron chi connectivity index (χ0n) is 18.5. The summed E-state index contributed by atoms with van der Waals surface area (Å²) in [6, 6.07) is 11.2. The van der Waals surface area contributed by atoms with Crippen LogP contribution in [0.2, 0.25) is 5.02 Å². The lowest BCUT2D eigenvalue weighted by molar-refractivity contribution is -0.387. The molecule has 2 aromatic rings. The number of thioether (sulfide) groups is 1. The molecule has 3 rings (SSSR count). The van der Waals surface area contributed by atoms with Gasteiger partial charge >= 0.3 is 12.1 Å². The molecule has 1 atom stereocenters. The maximum atomic E-state index is 13.1. The monoisotopic (exact) mass is 531 g/mol. The van der Waals surface area contributed by atoms with Crippen molar-refractivity contribution < 1.29 is 32.4 Å². The fraction of sp³-hybridized carbons (Fsp3) is 0.364. The van der Waals surface area contributed by atoms with Crippen LogP contribution in [0, 0.1) is 10.1 Å². The fourth-order valence-electron chi connectivity index (χ4n) is 3.62. The molecule has 188 valence electrons. The molecular weight excluding hydrogens is 511 g/mol. The van der Waals surface area contributed by atoms with Crippen molar-refractivity contribution in [1.82, 2.24) is 4.90 Å². The number of benzene rings is 2. The van der Waals surface area contributed by atoms with Gasteiger partial charge in [-0.3, -0.25) is 19.7 Å². The Bertz CT molecular complexity index is 1120. The first-order valence-electron chi connectivity index (χ1n) is 10.4. The number of nitro groups is 1. The van der Waals surface area contributed by atoms with Crippen molar-refractivity contribution in [1.29, 1.82) is 0 Å². The second kappa shape index (κ2) is 11.2. The molecule has 13 heteroatoms. The van der Waals surface area contributed by atoms with Crippen LogP contribution in [0.3, 0.4) is 0 Å². The second-order valence-corrected chi connectivity index (χ2v) is 9.23. The summed E-state index contributed by atoms with van der Waals surface area (Å²) in [5.41, 5.74) is 0.613. The topological polar surface area (TPSA) is 93.0 Å². The zero-order chi connectivity index (χ0) is 25.8. The predicted octanol–water partition coefficient (Wildman–Crippen LogP) is 4.80. The fourth-order valence-corrected chi connectivity index (χ4v) is 4.61. The van der Waals surface area contributed by atoms with E-state index in [9.17, 15) is 32.9 Å². The normalized spacial score (nSPS) is 16.2. The van der Waals surface area contributed by atoms with Crippen LogP contribution >= 0.6 is 23.4 Å². The van der Waals surface area contributed by atoms with Gasteiger partial charge in [-0.15, -0.1) is 11.8 Å². The van der Waals surface area contributed by atoms with Crippen LogP contribution in [0.15, 0.2) is 47.4 Å². The number of halogens is 4. The number of carbonyl (C=O) groups is 2. The zero-order valence-corrected chi connectivity index (χ0v) is 20.0. The molecule has 1 heterocycles. The minimum atomic E-state index is -4.66. The number of anilines is 1. The molecule has 35 heavy (non-hydrogen) atoms. The van der Waals surface area contributed by atoms with Crippen molar-refractivity contribution in [3.8, 4) is 0 Å². The van der Waals surface area contributed by atoms with Crippen LogP contribution in [-0.2, 0) is 9.53 Å². The lowest BCUT2D eigenvalue weighted by atomic mass is 10.1. The number of ether oxygens (including phenoxy) is 1. The molecule has 0 aliphatic carbocycles. The number of carbonyl (C=O) groups excluding carboxylic acids is 2. The van der Waals surface area contributed by atoms with Gasteiger partial charge in [-0.05, 0) is 37.3 Å². The highest BCUT2D eigenvalue weighted by molar-refractivity contribution is 8.00. The van der Waals surface area contributed by atoms with E-state index in [0.29, 0.717) is 36.4 Å². The average Bonchev–Trinajstić information content (AvgIpc) is 2.80. The first-order chi connectivity index (χ1) is 16.4. The van der Waals surface area contributed by atoms with Crippen molar-refractivity contribution >= 4 is 46.6 Å². The minimum absolute atomic E-state index is 0.0290. The molecule has 0 N–H and O–H groups in total. The Hall–Kier alpha value is -2.99. The molecule has 1 aliphatic rings. The van der Waals surface area contributed by atoms with E-state index in [4.69, 9.17) is 11.6 Å². The van der Waals surface area contributed by atoms with Gasteiger partial charge in [0.25, 0.3) is 11.6 Å². The second-order valence-electron chi connectivity index (χ2n) is 7.78. The molecule has 1 fully saturated rings. The van der Waals surface area contributed by atoms with Crippen molar-refractivity contribution in [3.63, 3.8) is 0 Å². The van der Waals surface area contributed by atoms with Crippen LogP contribution in [0.5, 0.6) is 0 Å². The summed E-state index contributed by atoms with van der Waals surface area (Å²) in [5, 5.41) is 12.1. The summed E-state index contributed by atoms with van der Waals surface area (Å²) in [6.45, 7) is 1.56. The smallest absolute Gasteiger partial charge is 0.422 e. The number of nitrogens with zero attached hydrogens (tertiary/aromatic N) is 3. The third kappa shape index (κ3) is 7.25. The molecule has 0 aromatic heterocycles. The predicted molar refractivity (Wildman–Crippen MR) is 125 cm³/mol. The average molecular weight is 532 g/mol. The first-order valence-corrected chi connectivity index (χ1v) is 11.8. The molecule has 0 saturated carbocycles. The van der Waals surface area contributed by atoms with Gasteiger partial charge < -0.3 is 14.5 Å². The molecule has 0 bridgehead atoms. The lowest BCUT2D eigenvalue weighted by Crippen LogP contribution is -2.53. The Kier molecular flexibility index (Phi) is 8.49. The van der Waals surface area contributed by atoms with E-state index in [1.165, 1.54) is 12.1 Å². The Morgan fingerprint density at radius 3 is 2.60 bits per heavy atom. The number of rotatable bonds is 7. The van der Waals surface area contributed by atoms with Gasteiger partial charge in [0, 0.05) is 48.0 Å². The largest absolute Gasteiger partial charge is 0.455 e. The van der Waals surface area contributed by atoms with E-state index >= 15 is 0 Å². The summed E-state index contributed by atoms with van der Waals surface area (Å²) < 4.78 is 40.6. The number of nitro benzene ring substituents is 1. The van der Waals surface area contributed by atoms with Crippen molar-refractivity contribution in [2.24, 2.45) is 0 Å². The van der Waals surface area contributed by atoms with E-state index in [1.807, 2.05) is 25.1 Å². The molecule has 1 amide bonds. The quantitative estimate of drug-likeness (QED) is 0.219. The maximum absolute atomic E-state index is 13.1. The van der Waals surface area contributed by atoms with Gasteiger partial charge in [0.2, 0.25) is 0 Å². The van der Waals surface area contributed by atoms with Crippen LogP contribution in [-0.4, -0.2) is 65.9 Å². The summed E-state index contributed by atoms with van der Waals surface area (Å²) in [4.78, 5) is 39.2. The number of amides is 1. The van der Waals surface area contributed by atoms with Gasteiger partial charge in [0.15, 0.2) is 6.61 Å². The van der Waals surface area contributed by atoms with Crippen LogP contribution < -0.4 is 4.90 Å². The third-order valence-electron chi connectivity index (χ3n) is 5.20. The number of alkyl halides is 3. The van der Waals surface area contributed by atoms with Crippen LogP contribution in [0.1, 0.15) is 17.3 Å². The van der Waals surface area contributed by atoms with Crippen molar-refractivity contribution in [2.45, 2.75) is 24.0 Å². The molecule has 1 saturated heterocycles. The summed E-state index contributed by atoms with van der Waals surface area (Å²) in [5.74, 6) is -2.09. The van der Waals surface area contributed by atoms with Crippen molar-refractivity contribution in [3.05, 3.63) is 63.2 Å². The van der Waals surface area contributed by atoms with Crippen molar-refractivity contribution in [2.75, 3.05) is 36.9 Å². The number of piperazine rings is 1. The number of esters is 1.